The van der Waals surface area contributed by atoms with Crippen LogP contribution in [0.3, 0.4) is 0 Å². The van der Waals surface area contributed by atoms with Gasteiger partial charge in [-0.1, -0.05) is 12.1 Å². The van der Waals surface area contributed by atoms with E-state index in [9.17, 15) is 14.4 Å². The lowest BCUT2D eigenvalue weighted by Crippen LogP contribution is -2.47. The summed E-state index contributed by atoms with van der Waals surface area (Å²) in [4.78, 5) is 37.5. The molecule has 0 aliphatic heterocycles. The fourth-order valence-electron chi connectivity index (χ4n) is 2.80. The lowest BCUT2D eigenvalue weighted by atomic mass is 10.0. The number of nitrogens with one attached hydrogen (secondary N) is 2. The highest BCUT2D eigenvalue weighted by molar-refractivity contribution is 5.97. The smallest absolute Gasteiger partial charge is 0.408 e. The molecule has 0 heterocycles. The molecule has 0 aromatic heterocycles. The van der Waals surface area contributed by atoms with Crippen molar-refractivity contribution in [3.05, 3.63) is 59.7 Å². The van der Waals surface area contributed by atoms with Gasteiger partial charge in [-0.15, -0.1) is 0 Å². The largest absolute Gasteiger partial charge is 0.456 e. The average Bonchev–Trinajstić information content (AvgIpc) is 2.67. The normalized spacial score (nSPS) is 12.4. The summed E-state index contributed by atoms with van der Waals surface area (Å²) in [7, 11) is 0. The van der Waals surface area contributed by atoms with Crippen LogP contribution in [-0.4, -0.2) is 35.2 Å². The fraction of sp³-hybridized carbons (Fsp3) is 0.400. The van der Waals surface area contributed by atoms with Crippen molar-refractivity contribution < 1.29 is 23.9 Å². The lowest BCUT2D eigenvalue weighted by molar-refractivity contribution is -0.118. The van der Waals surface area contributed by atoms with Gasteiger partial charge in [-0.3, -0.25) is 4.79 Å². The van der Waals surface area contributed by atoms with E-state index in [-0.39, 0.29) is 6.42 Å². The number of nitrogen functional groups attached to an aromatic ring is 1. The topological polar surface area (TPSA) is 120 Å². The molecule has 2 rings (SSSR count). The van der Waals surface area contributed by atoms with Crippen LogP contribution < -0.4 is 16.4 Å². The second-order valence-corrected chi connectivity index (χ2v) is 9.71. The number of nitrogens with two attached hydrogens (primary N) is 1. The number of alkyl carbamates (subject to hydrolysis) is 1. The van der Waals surface area contributed by atoms with Crippen molar-refractivity contribution in [2.24, 2.45) is 0 Å². The quantitative estimate of drug-likeness (QED) is 0.441. The van der Waals surface area contributed by atoms with Gasteiger partial charge in [0.15, 0.2) is 0 Å². The molecule has 1 atom stereocenters. The van der Waals surface area contributed by atoms with E-state index in [1.807, 2.05) is 0 Å². The zero-order chi connectivity index (χ0) is 24.8. The molecule has 0 aliphatic carbocycles. The minimum atomic E-state index is -0.894. The molecule has 8 heteroatoms. The van der Waals surface area contributed by atoms with E-state index >= 15 is 0 Å². The maximum Gasteiger partial charge on any atom is 0.408 e. The molecule has 2 aromatic carbocycles. The summed E-state index contributed by atoms with van der Waals surface area (Å²) in [6, 6.07) is 12.5. The third kappa shape index (κ3) is 9.22. The molecule has 178 valence electrons. The van der Waals surface area contributed by atoms with Crippen molar-refractivity contribution >= 4 is 29.3 Å². The van der Waals surface area contributed by atoms with Crippen molar-refractivity contribution in [3.8, 4) is 0 Å². The molecule has 0 saturated carbocycles. The van der Waals surface area contributed by atoms with Crippen molar-refractivity contribution in [1.29, 1.82) is 0 Å². The Morgan fingerprint density at radius 2 is 1.39 bits per heavy atom. The van der Waals surface area contributed by atoms with Gasteiger partial charge in [0.05, 0.1) is 5.56 Å². The summed E-state index contributed by atoms with van der Waals surface area (Å²) in [5.41, 5.74) is 6.69. The first-order valence-electron chi connectivity index (χ1n) is 10.7. The number of benzene rings is 2. The summed E-state index contributed by atoms with van der Waals surface area (Å²) < 4.78 is 10.7. The molecule has 0 saturated heterocycles. The summed E-state index contributed by atoms with van der Waals surface area (Å²) in [6.07, 6.45) is -0.459. The van der Waals surface area contributed by atoms with E-state index in [1.54, 1.807) is 90.1 Å². The number of amides is 2. The van der Waals surface area contributed by atoms with Crippen LogP contribution in [0.1, 0.15) is 57.5 Å². The molecule has 0 radical (unpaired) electrons. The van der Waals surface area contributed by atoms with Gasteiger partial charge in [0, 0.05) is 17.8 Å². The van der Waals surface area contributed by atoms with Crippen molar-refractivity contribution in [2.75, 3.05) is 11.1 Å². The number of ether oxygens (including phenoxy) is 2. The maximum atomic E-state index is 13.0. The predicted molar refractivity (Wildman–Crippen MR) is 128 cm³/mol. The summed E-state index contributed by atoms with van der Waals surface area (Å²) >= 11 is 0. The van der Waals surface area contributed by atoms with E-state index in [0.29, 0.717) is 16.9 Å². The number of carbonyl (C=O) groups is 3. The predicted octanol–water partition coefficient (Wildman–Crippen LogP) is 4.30. The van der Waals surface area contributed by atoms with Gasteiger partial charge < -0.3 is 25.8 Å². The second-order valence-electron chi connectivity index (χ2n) is 9.71. The number of esters is 1. The van der Waals surface area contributed by atoms with Crippen molar-refractivity contribution in [1.82, 2.24) is 5.32 Å². The van der Waals surface area contributed by atoms with Crippen LogP contribution in [0.2, 0.25) is 0 Å². The van der Waals surface area contributed by atoms with Gasteiger partial charge in [0.25, 0.3) is 0 Å². The molecule has 4 N–H and O–H groups in total. The zero-order valence-corrected chi connectivity index (χ0v) is 20.0. The van der Waals surface area contributed by atoms with E-state index in [0.717, 1.165) is 5.56 Å². The number of anilines is 2. The monoisotopic (exact) mass is 455 g/mol. The summed E-state index contributed by atoms with van der Waals surface area (Å²) in [5, 5.41) is 5.40. The van der Waals surface area contributed by atoms with Crippen LogP contribution in [-0.2, 0) is 20.7 Å². The Morgan fingerprint density at radius 1 is 0.848 bits per heavy atom. The van der Waals surface area contributed by atoms with Gasteiger partial charge >= 0.3 is 12.1 Å². The van der Waals surface area contributed by atoms with Crippen LogP contribution in [0.4, 0.5) is 16.2 Å². The maximum absolute atomic E-state index is 13.0. The van der Waals surface area contributed by atoms with Gasteiger partial charge in [0.2, 0.25) is 5.91 Å². The minimum absolute atomic E-state index is 0.237. The molecular formula is C25H33N3O5. The number of rotatable bonds is 6. The van der Waals surface area contributed by atoms with Gasteiger partial charge in [-0.2, -0.15) is 0 Å². The molecule has 2 amide bonds. The van der Waals surface area contributed by atoms with Crippen LogP contribution in [0.15, 0.2) is 48.5 Å². The first kappa shape index (κ1) is 25.7. The second kappa shape index (κ2) is 10.4. The Hall–Kier alpha value is -3.55. The summed E-state index contributed by atoms with van der Waals surface area (Å²) in [5.74, 6) is -0.879. The standard InChI is InChI=1S/C25H33N3O5/c1-24(2,3)32-22(30)17-9-13-19(14-10-17)27-21(29)20(28-23(31)33-25(4,5)6)15-16-7-11-18(26)12-8-16/h7-14,20H,15,26H2,1-6H3,(H,27,29)(H,28,31)/t20-/m0/s1. The molecule has 33 heavy (non-hydrogen) atoms. The molecule has 8 nitrogen and oxygen atoms in total. The SMILES string of the molecule is CC(C)(C)OC(=O)N[C@@H](Cc1ccc(N)cc1)C(=O)Nc1ccc(C(=O)OC(C)(C)C)cc1. The lowest BCUT2D eigenvalue weighted by Gasteiger charge is -2.23. The van der Waals surface area contributed by atoms with Gasteiger partial charge in [0.1, 0.15) is 17.2 Å². The molecule has 0 unspecified atom stereocenters. The third-order valence-corrected chi connectivity index (χ3v) is 4.21. The van der Waals surface area contributed by atoms with Crippen molar-refractivity contribution in [2.45, 2.75) is 65.2 Å². The van der Waals surface area contributed by atoms with Crippen LogP contribution >= 0.6 is 0 Å². The van der Waals surface area contributed by atoms with Crippen LogP contribution in [0.5, 0.6) is 0 Å². The fourth-order valence-corrected chi connectivity index (χ4v) is 2.80. The number of carbonyl (C=O) groups excluding carboxylic acids is 3. The molecule has 0 bridgehead atoms. The Morgan fingerprint density at radius 3 is 1.91 bits per heavy atom. The number of hydrogen-bond donors (Lipinski definition) is 3. The molecule has 0 fully saturated rings. The summed E-state index contributed by atoms with van der Waals surface area (Å²) in [6.45, 7) is 10.6. The van der Waals surface area contributed by atoms with Crippen molar-refractivity contribution in [3.63, 3.8) is 0 Å². The highest BCUT2D eigenvalue weighted by Gasteiger charge is 2.25. The van der Waals surface area contributed by atoms with E-state index in [2.05, 4.69) is 10.6 Å². The Bertz CT molecular complexity index is 971. The first-order valence-corrected chi connectivity index (χ1v) is 10.7. The molecule has 2 aromatic rings. The molecule has 0 aliphatic rings. The van der Waals surface area contributed by atoms with Gasteiger partial charge in [-0.05, 0) is 83.5 Å². The third-order valence-electron chi connectivity index (χ3n) is 4.21. The van der Waals surface area contributed by atoms with Crippen LogP contribution in [0.25, 0.3) is 0 Å². The highest BCUT2D eigenvalue weighted by Crippen LogP contribution is 2.16. The average molecular weight is 456 g/mol. The Labute approximate surface area is 194 Å². The zero-order valence-electron chi connectivity index (χ0n) is 20.0. The van der Waals surface area contributed by atoms with E-state index in [1.165, 1.54) is 0 Å². The Kier molecular flexibility index (Phi) is 8.08. The molecule has 0 spiro atoms. The number of hydrogen-bond acceptors (Lipinski definition) is 6. The van der Waals surface area contributed by atoms with Gasteiger partial charge in [-0.25, -0.2) is 9.59 Å². The Balaban J connectivity index is 2.13. The highest BCUT2D eigenvalue weighted by atomic mass is 16.6. The first-order chi connectivity index (χ1) is 15.2. The van der Waals surface area contributed by atoms with E-state index in [4.69, 9.17) is 15.2 Å². The minimum Gasteiger partial charge on any atom is -0.456 e. The molecular weight excluding hydrogens is 422 g/mol. The van der Waals surface area contributed by atoms with E-state index < -0.39 is 35.2 Å². The van der Waals surface area contributed by atoms with Crippen LogP contribution in [0, 0.1) is 0 Å².